The van der Waals surface area contributed by atoms with Gasteiger partial charge in [0.05, 0.1) is 6.10 Å². The highest BCUT2D eigenvalue weighted by Crippen LogP contribution is 2.34. The lowest BCUT2D eigenvalue weighted by molar-refractivity contribution is 0.0933. The summed E-state index contributed by atoms with van der Waals surface area (Å²) in [5, 5.41) is 3.49. The molecule has 0 radical (unpaired) electrons. The average molecular weight is 311 g/mol. The van der Waals surface area contributed by atoms with Gasteiger partial charge in [-0.25, -0.2) is 9.97 Å². The van der Waals surface area contributed by atoms with E-state index in [0.717, 1.165) is 36.9 Å². The van der Waals surface area contributed by atoms with E-state index in [0.29, 0.717) is 11.8 Å². The van der Waals surface area contributed by atoms with Gasteiger partial charge in [-0.1, -0.05) is 44.2 Å². The van der Waals surface area contributed by atoms with Crippen molar-refractivity contribution in [2.75, 3.05) is 18.5 Å². The van der Waals surface area contributed by atoms with Gasteiger partial charge in [0.25, 0.3) is 0 Å². The molecule has 2 atom stereocenters. The lowest BCUT2D eigenvalue weighted by atomic mass is 9.95. The number of rotatable bonds is 5. The summed E-state index contributed by atoms with van der Waals surface area (Å²) >= 11 is 0. The Morgan fingerprint density at radius 2 is 2.00 bits per heavy atom. The van der Waals surface area contributed by atoms with Crippen LogP contribution in [0, 0.1) is 12.8 Å². The van der Waals surface area contributed by atoms with Crippen LogP contribution in [0.2, 0.25) is 0 Å². The number of nitrogens with zero attached hydrogens (tertiary/aromatic N) is 2. The number of aromatic nitrogens is 2. The Balaban J connectivity index is 1.68. The van der Waals surface area contributed by atoms with Crippen LogP contribution in [0.1, 0.15) is 49.4 Å². The zero-order valence-corrected chi connectivity index (χ0v) is 14.1. The highest BCUT2D eigenvalue weighted by molar-refractivity contribution is 5.36. The van der Waals surface area contributed by atoms with Gasteiger partial charge in [0.15, 0.2) is 0 Å². The first-order valence-corrected chi connectivity index (χ1v) is 8.39. The SMILES string of the molecule is Cc1cc(NCC2CCOC2c2ccccc2)nc(C(C)C)n1. The average Bonchev–Trinajstić information content (AvgIpc) is 3.02. The summed E-state index contributed by atoms with van der Waals surface area (Å²) in [6.07, 6.45) is 1.25. The smallest absolute Gasteiger partial charge is 0.133 e. The van der Waals surface area contributed by atoms with Crippen molar-refractivity contribution in [1.82, 2.24) is 9.97 Å². The summed E-state index contributed by atoms with van der Waals surface area (Å²) < 4.78 is 5.95. The minimum atomic E-state index is 0.177. The van der Waals surface area contributed by atoms with E-state index in [2.05, 4.69) is 53.4 Å². The molecule has 1 N–H and O–H groups in total. The third-order valence-electron chi connectivity index (χ3n) is 4.28. The van der Waals surface area contributed by atoms with E-state index in [1.807, 2.05) is 19.1 Å². The molecule has 1 fully saturated rings. The number of anilines is 1. The molecule has 0 bridgehead atoms. The molecule has 4 nitrogen and oxygen atoms in total. The van der Waals surface area contributed by atoms with E-state index in [-0.39, 0.29) is 6.10 Å². The van der Waals surface area contributed by atoms with Gasteiger partial charge in [-0.05, 0) is 18.9 Å². The molecule has 0 amide bonds. The topological polar surface area (TPSA) is 47.0 Å². The van der Waals surface area contributed by atoms with Crippen molar-refractivity contribution in [3.05, 3.63) is 53.5 Å². The Morgan fingerprint density at radius 3 is 2.74 bits per heavy atom. The highest BCUT2D eigenvalue weighted by Gasteiger charge is 2.29. The lowest BCUT2D eigenvalue weighted by Crippen LogP contribution is -2.19. The predicted octanol–water partition coefficient (Wildman–Crippen LogP) is 4.10. The van der Waals surface area contributed by atoms with Crippen LogP contribution in [-0.2, 0) is 4.74 Å². The van der Waals surface area contributed by atoms with Crippen LogP contribution in [0.25, 0.3) is 0 Å². The lowest BCUT2D eigenvalue weighted by Gasteiger charge is -2.20. The van der Waals surface area contributed by atoms with E-state index in [1.165, 1.54) is 5.56 Å². The first-order valence-electron chi connectivity index (χ1n) is 8.39. The minimum Gasteiger partial charge on any atom is -0.373 e. The van der Waals surface area contributed by atoms with Crippen molar-refractivity contribution in [2.24, 2.45) is 5.92 Å². The van der Waals surface area contributed by atoms with Gasteiger partial charge in [-0.2, -0.15) is 0 Å². The summed E-state index contributed by atoms with van der Waals surface area (Å²) in [7, 11) is 0. The Bertz CT molecular complexity index is 642. The van der Waals surface area contributed by atoms with Crippen molar-refractivity contribution in [3.63, 3.8) is 0 Å². The maximum Gasteiger partial charge on any atom is 0.133 e. The molecule has 0 saturated carbocycles. The van der Waals surface area contributed by atoms with Crippen molar-refractivity contribution in [2.45, 2.75) is 39.2 Å². The molecule has 2 unspecified atom stereocenters. The fraction of sp³-hybridized carbons (Fsp3) is 0.474. The molecule has 1 aromatic heterocycles. The second-order valence-corrected chi connectivity index (χ2v) is 6.54. The Morgan fingerprint density at radius 1 is 1.22 bits per heavy atom. The number of nitrogens with one attached hydrogen (secondary N) is 1. The standard InChI is InChI=1S/C19H25N3O/c1-13(2)19-21-14(3)11-17(22-19)20-12-16-9-10-23-18(16)15-7-5-4-6-8-15/h4-8,11,13,16,18H,9-10,12H2,1-3H3,(H,20,21,22). The Hall–Kier alpha value is -1.94. The summed E-state index contributed by atoms with van der Waals surface area (Å²) in [6.45, 7) is 7.95. The Labute approximate surface area is 138 Å². The molecular formula is C19H25N3O. The maximum atomic E-state index is 5.95. The first kappa shape index (κ1) is 15.9. The third-order valence-corrected chi connectivity index (χ3v) is 4.28. The molecule has 4 heteroatoms. The number of aryl methyl sites for hydroxylation is 1. The molecule has 2 heterocycles. The molecule has 3 rings (SSSR count). The fourth-order valence-electron chi connectivity index (χ4n) is 3.03. The molecule has 23 heavy (non-hydrogen) atoms. The van der Waals surface area contributed by atoms with E-state index < -0.39 is 0 Å². The van der Waals surface area contributed by atoms with Crippen molar-refractivity contribution < 1.29 is 4.74 Å². The van der Waals surface area contributed by atoms with E-state index in [9.17, 15) is 0 Å². The summed E-state index contributed by atoms with van der Waals surface area (Å²) in [5.74, 6) is 2.62. The van der Waals surface area contributed by atoms with Gasteiger partial charge in [-0.3, -0.25) is 0 Å². The predicted molar refractivity (Wildman–Crippen MR) is 92.6 cm³/mol. The first-order chi connectivity index (χ1) is 11.1. The zero-order chi connectivity index (χ0) is 16.2. The third kappa shape index (κ3) is 3.88. The quantitative estimate of drug-likeness (QED) is 0.903. The number of hydrogen-bond donors (Lipinski definition) is 1. The van der Waals surface area contributed by atoms with Gasteiger partial charge in [0.2, 0.25) is 0 Å². The van der Waals surface area contributed by atoms with E-state index in [4.69, 9.17) is 4.74 Å². The zero-order valence-electron chi connectivity index (χ0n) is 14.1. The van der Waals surface area contributed by atoms with Crippen LogP contribution >= 0.6 is 0 Å². The van der Waals surface area contributed by atoms with Gasteiger partial charge in [0, 0.05) is 36.7 Å². The summed E-state index contributed by atoms with van der Waals surface area (Å²) in [6, 6.07) is 12.5. The monoisotopic (exact) mass is 311 g/mol. The molecule has 122 valence electrons. The van der Waals surface area contributed by atoms with Crippen LogP contribution in [-0.4, -0.2) is 23.1 Å². The fourth-order valence-corrected chi connectivity index (χ4v) is 3.03. The molecule has 1 aliphatic rings. The molecule has 1 aliphatic heterocycles. The molecule has 0 spiro atoms. The van der Waals surface area contributed by atoms with Crippen LogP contribution in [0.5, 0.6) is 0 Å². The van der Waals surface area contributed by atoms with Crippen LogP contribution in [0.15, 0.2) is 36.4 Å². The van der Waals surface area contributed by atoms with Gasteiger partial charge >= 0.3 is 0 Å². The highest BCUT2D eigenvalue weighted by atomic mass is 16.5. The van der Waals surface area contributed by atoms with E-state index >= 15 is 0 Å². The molecule has 2 aromatic rings. The van der Waals surface area contributed by atoms with Crippen molar-refractivity contribution in [3.8, 4) is 0 Å². The maximum absolute atomic E-state index is 5.95. The largest absolute Gasteiger partial charge is 0.373 e. The number of benzene rings is 1. The van der Waals surface area contributed by atoms with Crippen LogP contribution in [0.4, 0.5) is 5.82 Å². The van der Waals surface area contributed by atoms with Crippen LogP contribution in [0.3, 0.4) is 0 Å². The number of hydrogen-bond acceptors (Lipinski definition) is 4. The Kier molecular flexibility index (Phi) is 4.91. The van der Waals surface area contributed by atoms with Gasteiger partial charge in [-0.15, -0.1) is 0 Å². The molecule has 1 aromatic carbocycles. The van der Waals surface area contributed by atoms with Crippen molar-refractivity contribution in [1.29, 1.82) is 0 Å². The molecule has 0 aliphatic carbocycles. The number of ether oxygens (including phenoxy) is 1. The van der Waals surface area contributed by atoms with Gasteiger partial charge in [0.1, 0.15) is 11.6 Å². The molecular weight excluding hydrogens is 286 g/mol. The van der Waals surface area contributed by atoms with Gasteiger partial charge < -0.3 is 10.1 Å². The second-order valence-electron chi connectivity index (χ2n) is 6.54. The normalized spacial score (nSPS) is 20.9. The second kappa shape index (κ2) is 7.09. The van der Waals surface area contributed by atoms with Crippen LogP contribution < -0.4 is 5.32 Å². The van der Waals surface area contributed by atoms with E-state index in [1.54, 1.807) is 0 Å². The minimum absolute atomic E-state index is 0.177. The summed E-state index contributed by atoms with van der Waals surface area (Å²) in [4.78, 5) is 9.13. The van der Waals surface area contributed by atoms with Crippen molar-refractivity contribution >= 4 is 5.82 Å². The summed E-state index contributed by atoms with van der Waals surface area (Å²) in [5.41, 5.74) is 2.27. The molecule has 1 saturated heterocycles.